The monoisotopic (exact) mass is 320 g/mol. The molecule has 0 atom stereocenters. The molecule has 118 valence electrons. The quantitative estimate of drug-likeness (QED) is 0.458. The number of pyridine rings is 1. The standard InChI is InChI=1S/C16H12N6O2/c23-22(24)14-8-2-7-13-16(14)19-20-21(13)10-18-12-6-1-4-11-5-3-9-17-15(11)12/h1-9,18H,10H2. The fourth-order valence-electron chi connectivity index (χ4n) is 2.65. The molecular formula is C16H12N6O2. The fraction of sp³-hybridized carbons (Fsp3) is 0.0625. The summed E-state index contributed by atoms with van der Waals surface area (Å²) in [6, 6.07) is 14.5. The van der Waals surface area contributed by atoms with Crippen LogP contribution in [0.3, 0.4) is 0 Å². The van der Waals surface area contributed by atoms with Crippen molar-refractivity contribution in [1.29, 1.82) is 0 Å². The molecule has 24 heavy (non-hydrogen) atoms. The van der Waals surface area contributed by atoms with Gasteiger partial charge >= 0.3 is 0 Å². The van der Waals surface area contributed by atoms with E-state index < -0.39 is 4.92 Å². The number of para-hydroxylation sites is 1. The fourth-order valence-corrected chi connectivity index (χ4v) is 2.65. The Kier molecular flexibility index (Phi) is 3.27. The normalized spacial score (nSPS) is 11.0. The van der Waals surface area contributed by atoms with Crippen LogP contribution in [0.1, 0.15) is 0 Å². The van der Waals surface area contributed by atoms with Gasteiger partial charge in [-0.05, 0) is 18.2 Å². The van der Waals surface area contributed by atoms with E-state index in [4.69, 9.17) is 0 Å². The van der Waals surface area contributed by atoms with Gasteiger partial charge in [0.05, 0.1) is 21.6 Å². The summed E-state index contributed by atoms with van der Waals surface area (Å²) >= 11 is 0. The van der Waals surface area contributed by atoms with Gasteiger partial charge in [0.1, 0.15) is 6.67 Å². The smallest absolute Gasteiger partial charge is 0.299 e. The summed E-state index contributed by atoms with van der Waals surface area (Å²) in [5.74, 6) is 0. The first-order valence-corrected chi connectivity index (χ1v) is 7.28. The molecule has 0 aliphatic rings. The van der Waals surface area contributed by atoms with Crippen molar-refractivity contribution in [1.82, 2.24) is 20.0 Å². The number of aromatic nitrogens is 4. The number of non-ortho nitro benzene ring substituents is 1. The van der Waals surface area contributed by atoms with E-state index in [0.29, 0.717) is 12.2 Å². The summed E-state index contributed by atoms with van der Waals surface area (Å²) in [5, 5.41) is 23.3. The van der Waals surface area contributed by atoms with E-state index in [1.807, 2.05) is 30.3 Å². The lowest BCUT2D eigenvalue weighted by Gasteiger charge is -2.09. The van der Waals surface area contributed by atoms with Crippen molar-refractivity contribution >= 4 is 33.3 Å². The van der Waals surface area contributed by atoms with Gasteiger partial charge in [-0.3, -0.25) is 15.1 Å². The number of fused-ring (bicyclic) bond motifs is 2. The highest BCUT2D eigenvalue weighted by molar-refractivity contribution is 5.90. The topological polar surface area (TPSA) is 98.8 Å². The molecule has 0 spiro atoms. The highest BCUT2D eigenvalue weighted by atomic mass is 16.6. The summed E-state index contributed by atoms with van der Waals surface area (Å²) in [5.41, 5.74) is 2.55. The molecule has 2 heterocycles. The highest BCUT2D eigenvalue weighted by Gasteiger charge is 2.16. The van der Waals surface area contributed by atoms with E-state index in [2.05, 4.69) is 20.6 Å². The Morgan fingerprint density at radius 1 is 1.08 bits per heavy atom. The van der Waals surface area contributed by atoms with Gasteiger partial charge in [-0.1, -0.05) is 29.5 Å². The Hall–Kier alpha value is -3.55. The minimum atomic E-state index is -0.455. The molecule has 0 saturated carbocycles. The first-order chi connectivity index (χ1) is 11.7. The first-order valence-electron chi connectivity index (χ1n) is 7.28. The molecule has 0 aliphatic heterocycles. The largest absolute Gasteiger partial charge is 0.364 e. The van der Waals surface area contributed by atoms with Crippen molar-refractivity contribution in [3.8, 4) is 0 Å². The molecule has 1 N–H and O–H groups in total. The van der Waals surface area contributed by atoms with Crippen LogP contribution in [0.15, 0.2) is 54.7 Å². The van der Waals surface area contributed by atoms with Gasteiger partial charge in [0.15, 0.2) is 5.52 Å². The molecule has 0 amide bonds. The number of benzene rings is 2. The van der Waals surface area contributed by atoms with Crippen LogP contribution >= 0.6 is 0 Å². The van der Waals surface area contributed by atoms with Crippen LogP contribution in [0, 0.1) is 10.1 Å². The van der Waals surface area contributed by atoms with Crippen molar-refractivity contribution in [3.05, 3.63) is 64.8 Å². The molecule has 0 radical (unpaired) electrons. The maximum absolute atomic E-state index is 11.1. The van der Waals surface area contributed by atoms with E-state index in [1.165, 1.54) is 6.07 Å². The Labute approximate surface area is 135 Å². The third-order valence-corrected chi connectivity index (χ3v) is 3.77. The lowest BCUT2D eigenvalue weighted by atomic mass is 10.2. The zero-order valence-electron chi connectivity index (χ0n) is 12.5. The maximum Gasteiger partial charge on any atom is 0.299 e. The molecule has 2 aromatic carbocycles. The van der Waals surface area contributed by atoms with Crippen molar-refractivity contribution in [2.24, 2.45) is 0 Å². The van der Waals surface area contributed by atoms with E-state index in [9.17, 15) is 10.1 Å². The van der Waals surface area contributed by atoms with Crippen LogP contribution in [-0.2, 0) is 6.67 Å². The molecule has 4 rings (SSSR count). The zero-order valence-corrected chi connectivity index (χ0v) is 12.5. The van der Waals surface area contributed by atoms with Gasteiger partial charge in [-0.15, -0.1) is 5.10 Å². The van der Waals surface area contributed by atoms with E-state index in [0.717, 1.165) is 16.6 Å². The minimum Gasteiger partial charge on any atom is -0.364 e. The van der Waals surface area contributed by atoms with E-state index in [1.54, 1.807) is 23.0 Å². The minimum absolute atomic E-state index is 0.0504. The lowest BCUT2D eigenvalue weighted by Crippen LogP contribution is -2.10. The number of rotatable bonds is 4. The summed E-state index contributed by atoms with van der Waals surface area (Å²) < 4.78 is 1.59. The summed E-state index contributed by atoms with van der Waals surface area (Å²) in [7, 11) is 0. The van der Waals surface area contributed by atoms with Gasteiger partial charge in [-0.25, -0.2) is 4.68 Å². The third kappa shape index (κ3) is 2.30. The number of anilines is 1. The molecule has 0 unspecified atom stereocenters. The molecule has 0 fully saturated rings. The van der Waals surface area contributed by atoms with Crippen LogP contribution < -0.4 is 5.32 Å². The van der Waals surface area contributed by atoms with Gasteiger partial charge in [0.2, 0.25) is 0 Å². The highest BCUT2D eigenvalue weighted by Crippen LogP contribution is 2.24. The van der Waals surface area contributed by atoms with Gasteiger partial charge in [-0.2, -0.15) is 0 Å². The summed E-state index contributed by atoms with van der Waals surface area (Å²) in [6.07, 6.45) is 1.74. The number of nitro groups is 1. The van der Waals surface area contributed by atoms with Crippen molar-refractivity contribution in [3.63, 3.8) is 0 Å². The molecule has 8 nitrogen and oxygen atoms in total. The van der Waals surface area contributed by atoms with Crippen LogP contribution in [0.2, 0.25) is 0 Å². The average Bonchev–Trinajstić information content (AvgIpc) is 3.03. The molecule has 2 aromatic heterocycles. The lowest BCUT2D eigenvalue weighted by molar-refractivity contribution is -0.383. The molecule has 0 aliphatic carbocycles. The molecule has 4 aromatic rings. The van der Waals surface area contributed by atoms with Crippen LogP contribution in [0.4, 0.5) is 11.4 Å². The number of hydrogen-bond donors (Lipinski definition) is 1. The van der Waals surface area contributed by atoms with Gasteiger partial charge in [0, 0.05) is 17.6 Å². The van der Waals surface area contributed by atoms with E-state index >= 15 is 0 Å². The van der Waals surface area contributed by atoms with Crippen LogP contribution in [-0.4, -0.2) is 24.9 Å². The molecular weight excluding hydrogens is 308 g/mol. The molecule has 8 heteroatoms. The molecule has 0 saturated heterocycles. The van der Waals surface area contributed by atoms with Crippen molar-refractivity contribution in [2.45, 2.75) is 6.67 Å². The molecule has 0 bridgehead atoms. The number of nitrogens with one attached hydrogen (secondary N) is 1. The average molecular weight is 320 g/mol. The Bertz CT molecular complexity index is 1050. The van der Waals surface area contributed by atoms with Crippen molar-refractivity contribution < 1.29 is 4.92 Å². The Balaban J connectivity index is 1.68. The predicted molar refractivity (Wildman–Crippen MR) is 89.5 cm³/mol. The predicted octanol–water partition coefficient (Wildman–Crippen LogP) is 2.96. The van der Waals surface area contributed by atoms with E-state index in [-0.39, 0.29) is 11.2 Å². The second-order valence-corrected chi connectivity index (χ2v) is 5.21. The Morgan fingerprint density at radius 3 is 2.79 bits per heavy atom. The summed E-state index contributed by atoms with van der Waals surface area (Å²) in [6.45, 7) is 0.327. The second-order valence-electron chi connectivity index (χ2n) is 5.21. The van der Waals surface area contributed by atoms with Crippen molar-refractivity contribution in [2.75, 3.05) is 5.32 Å². The second kappa shape index (κ2) is 5.58. The van der Waals surface area contributed by atoms with Gasteiger partial charge < -0.3 is 5.32 Å². The van der Waals surface area contributed by atoms with Crippen LogP contribution in [0.5, 0.6) is 0 Å². The zero-order chi connectivity index (χ0) is 16.5. The Morgan fingerprint density at radius 2 is 1.92 bits per heavy atom. The number of hydrogen-bond acceptors (Lipinski definition) is 6. The summed E-state index contributed by atoms with van der Waals surface area (Å²) in [4.78, 5) is 15.0. The maximum atomic E-state index is 11.1. The van der Waals surface area contributed by atoms with Crippen LogP contribution in [0.25, 0.3) is 21.9 Å². The number of nitro benzene ring substituents is 1. The third-order valence-electron chi connectivity index (χ3n) is 3.77. The number of nitrogens with zero attached hydrogens (tertiary/aromatic N) is 5. The first kappa shape index (κ1) is 14.1. The van der Waals surface area contributed by atoms with Gasteiger partial charge in [0.25, 0.3) is 5.69 Å². The SMILES string of the molecule is O=[N+]([O-])c1cccc2c1nnn2CNc1cccc2cccnc12.